The maximum Gasteiger partial charge on any atom is 0.305 e. The molecule has 23 heavy (non-hydrogen) atoms. The van der Waals surface area contributed by atoms with Crippen LogP contribution in [0, 0.1) is 0 Å². The van der Waals surface area contributed by atoms with Crippen LogP contribution in [0.5, 0.6) is 0 Å². The fourth-order valence-electron chi connectivity index (χ4n) is 2.66. The second-order valence-electron chi connectivity index (χ2n) is 5.91. The zero-order valence-electron chi connectivity index (χ0n) is 14.0. The van der Waals surface area contributed by atoms with Gasteiger partial charge < -0.3 is 15.0 Å². The number of carbonyl (C=O) groups is 2. The molecule has 0 fully saturated rings. The van der Waals surface area contributed by atoms with Crippen molar-refractivity contribution < 1.29 is 14.3 Å². The molecule has 126 valence electrons. The van der Waals surface area contributed by atoms with E-state index in [2.05, 4.69) is 20.0 Å². The molecule has 1 heterocycles. The predicted molar refractivity (Wildman–Crippen MR) is 86.0 cm³/mol. The van der Waals surface area contributed by atoms with Gasteiger partial charge in [0.05, 0.1) is 18.8 Å². The van der Waals surface area contributed by atoms with Crippen LogP contribution in [0.2, 0.25) is 0 Å². The Balaban J connectivity index is 1.95. The molecule has 1 amide bonds. The van der Waals surface area contributed by atoms with Crippen LogP contribution in [0.25, 0.3) is 0 Å². The van der Waals surface area contributed by atoms with Crippen molar-refractivity contribution in [3.05, 3.63) is 17.5 Å². The van der Waals surface area contributed by atoms with Crippen molar-refractivity contribution in [3.63, 3.8) is 0 Å². The SMILES string of the molecule is COC(=O)CCCC(=O)N[C@@H]1CCCc2nc(N(C)C)ncc21. The van der Waals surface area contributed by atoms with E-state index in [-0.39, 0.29) is 24.3 Å². The molecule has 0 saturated heterocycles. The number of anilines is 1. The minimum atomic E-state index is -0.287. The number of aromatic nitrogens is 2. The largest absolute Gasteiger partial charge is 0.469 e. The average Bonchev–Trinajstić information content (AvgIpc) is 2.54. The molecule has 0 radical (unpaired) electrons. The minimum absolute atomic E-state index is 0.0411. The van der Waals surface area contributed by atoms with Crippen LogP contribution in [-0.4, -0.2) is 43.0 Å². The Morgan fingerprint density at radius 2 is 2.17 bits per heavy atom. The number of carbonyl (C=O) groups excluding carboxylic acids is 2. The lowest BCUT2D eigenvalue weighted by atomic mass is 9.92. The molecule has 1 aliphatic rings. The van der Waals surface area contributed by atoms with Crippen molar-refractivity contribution in [2.24, 2.45) is 0 Å². The average molecular weight is 320 g/mol. The van der Waals surface area contributed by atoms with E-state index in [9.17, 15) is 9.59 Å². The van der Waals surface area contributed by atoms with E-state index in [4.69, 9.17) is 0 Å². The van der Waals surface area contributed by atoms with Gasteiger partial charge in [0.25, 0.3) is 0 Å². The summed E-state index contributed by atoms with van der Waals surface area (Å²) in [7, 11) is 5.17. The highest BCUT2D eigenvalue weighted by Gasteiger charge is 2.24. The minimum Gasteiger partial charge on any atom is -0.469 e. The molecule has 0 spiro atoms. The van der Waals surface area contributed by atoms with Crippen molar-refractivity contribution in [3.8, 4) is 0 Å². The zero-order valence-corrected chi connectivity index (χ0v) is 14.0. The summed E-state index contributed by atoms with van der Waals surface area (Å²) in [6, 6.07) is -0.0411. The smallest absolute Gasteiger partial charge is 0.305 e. The van der Waals surface area contributed by atoms with Gasteiger partial charge >= 0.3 is 5.97 Å². The standard InChI is InChI=1S/C16H24N4O3/c1-20(2)16-17-10-11-12(6-4-7-13(11)19-16)18-14(21)8-5-9-15(22)23-3/h10,12H,4-9H2,1-3H3,(H,18,21)/t12-/m1/s1. The number of methoxy groups -OCH3 is 1. The topological polar surface area (TPSA) is 84.4 Å². The number of hydrogen-bond acceptors (Lipinski definition) is 6. The molecule has 1 atom stereocenters. The van der Waals surface area contributed by atoms with Gasteiger partial charge in [0.15, 0.2) is 0 Å². The molecule has 7 nitrogen and oxygen atoms in total. The van der Waals surface area contributed by atoms with Gasteiger partial charge in [-0.25, -0.2) is 9.97 Å². The molecule has 0 aliphatic heterocycles. The summed E-state index contributed by atoms with van der Waals surface area (Å²) in [5.41, 5.74) is 2.01. The predicted octanol–water partition coefficient (Wildman–Crippen LogP) is 1.38. The summed E-state index contributed by atoms with van der Waals surface area (Å²) in [5, 5.41) is 3.03. The molecule has 0 bridgehead atoms. The molecule has 2 rings (SSSR count). The number of nitrogens with one attached hydrogen (secondary N) is 1. The van der Waals surface area contributed by atoms with E-state index in [0.717, 1.165) is 30.5 Å². The van der Waals surface area contributed by atoms with Crippen molar-refractivity contribution in [1.29, 1.82) is 0 Å². The quantitative estimate of drug-likeness (QED) is 0.797. The maximum absolute atomic E-state index is 12.1. The third-order valence-corrected chi connectivity index (χ3v) is 3.92. The van der Waals surface area contributed by atoms with E-state index in [1.54, 1.807) is 0 Å². The van der Waals surface area contributed by atoms with Gasteiger partial charge in [-0.15, -0.1) is 0 Å². The summed E-state index contributed by atoms with van der Waals surface area (Å²) in [4.78, 5) is 33.9. The van der Waals surface area contributed by atoms with Crippen LogP contribution in [0.4, 0.5) is 5.95 Å². The van der Waals surface area contributed by atoms with E-state index >= 15 is 0 Å². The van der Waals surface area contributed by atoms with Gasteiger partial charge in [-0.3, -0.25) is 9.59 Å². The lowest BCUT2D eigenvalue weighted by Gasteiger charge is -2.26. The van der Waals surface area contributed by atoms with Crippen LogP contribution in [0.15, 0.2) is 6.20 Å². The van der Waals surface area contributed by atoms with E-state index < -0.39 is 0 Å². The molecule has 0 aromatic carbocycles. The van der Waals surface area contributed by atoms with Gasteiger partial charge in [-0.1, -0.05) is 0 Å². The molecular formula is C16H24N4O3. The lowest BCUT2D eigenvalue weighted by molar-refractivity contribution is -0.140. The summed E-state index contributed by atoms with van der Waals surface area (Å²) < 4.78 is 4.57. The van der Waals surface area contributed by atoms with E-state index in [1.807, 2.05) is 25.2 Å². The Kier molecular flexibility index (Phi) is 5.90. The van der Waals surface area contributed by atoms with Crippen molar-refractivity contribution in [2.45, 2.75) is 44.6 Å². The van der Waals surface area contributed by atoms with Gasteiger partial charge in [-0.2, -0.15) is 0 Å². The Labute approximate surface area is 136 Å². The van der Waals surface area contributed by atoms with Crippen molar-refractivity contribution in [2.75, 3.05) is 26.1 Å². The summed E-state index contributed by atoms with van der Waals surface area (Å²) in [6.45, 7) is 0. The van der Waals surface area contributed by atoms with Crippen LogP contribution < -0.4 is 10.2 Å². The Hall–Kier alpha value is -2.18. The number of fused-ring (bicyclic) bond motifs is 1. The molecule has 1 aliphatic carbocycles. The summed E-state index contributed by atoms with van der Waals surface area (Å²) >= 11 is 0. The molecule has 1 aromatic heterocycles. The highest BCUT2D eigenvalue weighted by atomic mass is 16.5. The Morgan fingerprint density at radius 1 is 1.39 bits per heavy atom. The third kappa shape index (κ3) is 4.64. The maximum atomic E-state index is 12.1. The molecular weight excluding hydrogens is 296 g/mol. The number of nitrogens with zero attached hydrogens (tertiary/aromatic N) is 3. The number of amides is 1. The van der Waals surface area contributed by atoms with Crippen LogP contribution in [-0.2, 0) is 20.7 Å². The zero-order chi connectivity index (χ0) is 16.8. The van der Waals surface area contributed by atoms with E-state index in [1.165, 1.54) is 7.11 Å². The van der Waals surface area contributed by atoms with Crippen molar-refractivity contribution in [1.82, 2.24) is 15.3 Å². The van der Waals surface area contributed by atoms with Gasteiger partial charge in [0.1, 0.15) is 0 Å². The van der Waals surface area contributed by atoms with Gasteiger partial charge in [0, 0.05) is 38.7 Å². The van der Waals surface area contributed by atoms with Gasteiger partial charge in [-0.05, 0) is 25.7 Å². The number of aryl methyl sites for hydroxylation is 1. The third-order valence-electron chi connectivity index (χ3n) is 3.92. The number of hydrogen-bond donors (Lipinski definition) is 1. The Bertz CT molecular complexity index is 574. The molecule has 1 aromatic rings. The monoisotopic (exact) mass is 320 g/mol. The second-order valence-corrected chi connectivity index (χ2v) is 5.91. The normalized spacial score (nSPS) is 16.4. The second kappa shape index (κ2) is 7.89. The van der Waals surface area contributed by atoms with E-state index in [0.29, 0.717) is 18.8 Å². The number of esters is 1. The number of rotatable bonds is 6. The van der Waals surface area contributed by atoms with Gasteiger partial charge in [0.2, 0.25) is 11.9 Å². The first-order valence-corrected chi connectivity index (χ1v) is 7.90. The van der Waals surface area contributed by atoms with Crippen LogP contribution in [0.1, 0.15) is 49.4 Å². The first-order chi connectivity index (χ1) is 11.0. The molecule has 1 N–H and O–H groups in total. The summed E-state index contributed by atoms with van der Waals surface area (Å²) in [6.07, 6.45) is 5.68. The molecule has 0 unspecified atom stereocenters. The highest BCUT2D eigenvalue weighted by Crippen LogP contribution is 2.29. The summed E-state index contributed by atoms with van der Waals surface area (Å²) in [5.74, 6) is 0.350. The molecule has 0 saturated carbocycles. The fraction of sp³-hybridized carbons (Fsp3) is 0.625. The first kappa shape index (κ1) is 17.2. The van der Waals surface area contributed by atoms with Crippen LogP contribution in [0.3, 0.4) is 0 Å². The van der Waals surface area contributed by atoms with Crippen LogP contribution >= 0.6 is 0 Å². The lowest BCUT2D eigenvalue weighted by Crippen LogP contribution is -2.31. The Morgan fingerprint density at radius 3 is 2.87 bits per heavy atom. The first-order valence-electron chi connectivity index (χ1n) is 7.90. The number of ether oxygens (including phenoxy) is 1. The highest BCUT2D eigenvalue weighted by molar-refractivity contribution is 5.77. The molecule has 7 heteroatoms. The fourth-order valence-corrected chi connectivity index (χ4v) is 2.66. The van der Waals surface area contributed by atoms with Crippen molar-refractivity contribution >= 4 is 17.8 Å².